The topological polar surface area (TPSA) is 80.0 Å². The molecule has 1 saturated carbocycles. The van der Waals surface area contributed by atoms with E-state index in [9.17, 15) is 9.90 Å². The number of rotatable bonds is 8. The van der Waals surface area contributed by atoms with Crippen LogP contribution in [0.15, 0.2) is 43.2 Å². The molecule has 128 valence electrons. The van der Waals surface area contributed by atoms with E-state index in [1.807, 2.05) is 22.9 Å². The highest BCUT2D eigenvalue weighted by atomic mass is 16.3. The van der Waals surface area contributed by atoms with Gasteiger partial charge in [0.2, 0.25) is 5.91 Å². The van der Waals surface area contributed by atoms with Crippen molar-refractivity contribution in [3.8, 4) is 0 Å². The highest BCUT2D eigenvalue weighted by molar-refractivity contribution is 5.76. The third-order valence-corrected chi connectivity index (χ3v) is 4.65. The molecule has 3 rings (SSSR count). The van der Waals surface area contributed by atoms with Crippen LogP contribution in [-0.4, -0.2) is 37.7 Å². The van der Waals surface area contributed by atoms with E-state index in [-0.39, 0.29) is 18.1 Å². The van der Waals surface area contributed by atoms with Gasteiger partial charge in [0, 0.05) is 43.8 Å². The summed E-state index contributed by atoms with van der Waals surface area (Å²) in [7, 11) is 0. The van der Waals surface area contributed by atoms with Gasteiger partial charge in [-0.2, -0.15) is 0 Å². The first kappa shape index (κ1) is 16.6. The van der Waals surface area contributed by atoms with E-state index in [2.05, 4.69) is 15.3 Å². The molecule has 6 nitrogen and oxygen atoms in total. The van der Waals surface area contributed by atoms with Crippen LogP contribution in [0.1, 0.15) is 31.2 Å². The Morgan fingerprint density at radius 2 is 2.08 bits per heavy atom. The molecule has 1 atom stereocenters. The summed E-state index contributed by atoms with van der Waals surface area (Å²) in [5.74, 6) is 0.432. The first-order valence-corrected chi connectivity index (χ1v) is 8.53. The van der Waals surface area contributed by atoms with Crippen molar-refractivity contribution in [2.75, 3.05) is 0 Å². The van der Waals surface area contributed by atoms with Crippen molar-refractivity contribution in [1.29, 1.82) is 0 Å². The van der Waals surface area contributed by atoms with E-state index in [4.69, 9.17) is 0 Å². The summed E-state index contributed by atoms with van der Waals surface area (Å²) in [4.78, 5) is 20.3. The lowest BCUT2D eigenvalue weighted by atomic mass is 9.75. The maximum Gasteiger partial charge on any atom is 0.220 e. The minimum Gasteiger partial charge on any atom is -0.393 e. The zero-order valence-corrected chi connectivity index (χ0v) is 13.7. The quantitative estimate of drug-likeness (QED) is 0.770. The fourth-order valence-corrected chi connectivity index (χ4v) is 3.19. The highest BCUT2D eigenvalue weighted by Gasteiger charge is 2.34. The lowest BCUT2D eigenvalue weighted by Gasteiger charge is -2.38. The molecule has 2 heterocycles. The Hall–Kier alpha value is -2.21. The van der Waals surface area contributed by atoms with Crippen LogP contribution in [0, 0.1) is 5.92 Å². The van der Waals surface area contributed by atoms with Crippen LogP contribution in [0.3, 0.4) is 0 Å². The first-order valence-electron chi connectivity index (χ1n) is 8.53. The average molecular weight is 328 g/mol. The molecule has 0 spiro atoms. The monoisotopic (exact) mass is 328 g/mol. The Kier molecular flexibility index (Phi) is 5.59. The minimum atomic E-state index is -0.215. The molecule has 0 bridgehead atoms. The normalized spacial score (nSPS) is 21.0. The van der Waals surface area contributed by atoms with Gasteiger partial charge in [-0.05, 0) is 49.3 Å². The van der Waals surface area contributed by atoms with Crippen molar-refractivity contribution >= 4 is 5.91 Å². The van der Waals surface area contributed by atoms with Crippen molar-refractivity contribution in [3.63, 3.8) is 0 Å². The Morgan fingerprint density at radius 3 is 2.75 bits per heavy atom. The Bertz CT molecular complexity index is 624. The van der Waals surface area contributed by atoms with E-state index in [1.165, 1.54) is 0 Å². The molecule has 0 aliphatic heterocycles. The van der Waals surface area contributed by atoms with Gasteiger partial charge in [0.25, 0.3) is 0 Å². The molecule has 1 amide bonds. The predicted molar refractivity (Wildman–Crippen MR) is 90.1 cm³/mol. The maximum atomic E-state index is 12.3. The summed E-state index contributed by atoms with van der Waals surface area (Å²) in [5.41, 5.74) is 1.16. The van der Waals surface area contributed by atoms with E-state index in [1.54, 1.807) is 24.9 Å². The smallest absolute Gasteiger partial charge is 0.220 e. The standard InChI is InChI=1S/C18H24N4O2/c23-16-11-15(12-16)17(10-14-3-5-19-6-4-14)21-18(24)2-1-8-22-9-7-20-13-22/h3-7,9,13,15-17,23H,1-2,8,10-12H2,(H,21,24)/t15?,16?,17-/m0/s1. The number of aryl methyl sites for hydroxylation is 1. The van der Waals surface area contributed by atoms with Gasteiger partial charge < -0.3 is 15.0 Å². The van der Waals surface area contributed by atoms with Crippen LogP contribution < -0.4 is 5.32 Å². The molecular formula is C18H24N4O2. The second-order valence-electron chi connectivity index (χ2n) is 6.52. The van der Waals surface area contributed by atoms with E-state index < -0.39 is 0 Å². The van der Waals surface area contributed by atoms with Crippen LogP contribution in [-0.2, 0) is 17.8 Å². The van der Waals surface area contributed by atoms with Gasteiger partial charge in [0.1, 0.15) is 0 Å². The number of carbonyl (C=O) groups excluding carboxylic acids is 1. The Morgan fingerprint density at radius 1 is 1.29 bits per heavy atom. The highest BCUT2D eigenvalue weighted by Crippen LogP contribution is 2.31. The van der Waals surface area contributed by atoms with Crippen LogP contribution >= 0.6 is 0 Å². The molecule has 24 heavy (non-hydrogen) atoms. The number of hydrogen-bond acceptors (Lipinski definition) is 4. The van der Waals surface area contributed by atoms with Gasteiger partial charge in [-0.3, -0.25) is 9.78 Å². The Balaban J connectivity index is 1.50. The molecule has 2 aromatic heterocycles. The molecule has 1 aliphatic rings. The van der Waals surface area contributed by atoms with Crippen molar-refractivity contribution in [1.82, 2.24) is 19.9 Å². The first-order chi connectivity index (χ1) is 11.7. The lowest BCUT2D eigenvalue weighted by Crippen LogP contribution is -2.48. The minimum absolute atomic E-state index is 0.0792. The SMILES string of the molecule is O=C(CCCn1ccnc1)N[C@@H](Cc1ccncc1)C1CC(O)C1. The number of amides is 1. The van der Waals surface area contributed by atoms with Crippen LogP contribution in [0.5, 0.6) is 0 Å². The van der Waals surface area contributed by atoms with E-state index in [0.29, 0.717) is 12.3 Å². The van der Waals surface area contributed by atoms with Gasteiger partial charge in [-0.25, -0.2) is 4.98 Å². The van der Waals surface area contributed by atoms with Crippen molar-refractivity contribution in [3.05, 3.63) is 48.8 Å². The number of carbonyl (C=O) groups is 1. The van der Waals surface area contributed by atoms with Crippen LogP contribution in [0.4, 0.5) is 0 Å². The number of nitrogens with zero attached hydrogens (tertiary/aromatic N) is 3. The van der Waals surface area contributed by atoms with Gasteiger partial charge >= 0.3 is 0 Å². The van der Waals surface area contributed by atoms with Crippen LogP contribution in [0.25, 0.3) is 0 Å². The van der Waals surface area contributed by atoms with Gasteiger partial charge in [0.05, 0.1) is 12.4 Å². The molecule has 0 saturated heterocycles. The number of hydrogen-bond donors (Lipinski definition) is 2. The molecular weight excluding hydrogens is 304 g/mol. The number of imidazole rings is 1. The third kappa shape index (κ3) is 4.64. The van der Waals surface area contributed by atoms with E-state index >= 15 is 0 Å². The van der Waals surface area contributed by atoms with Gasteiger partial charge in [-0.1, -0.05) is 0 Å². The molecule has 1 aliphatic carbocycles. The molecule has 2 aromatic rings. The average Bonchev–Trinajstić information content (AvgIpc) is 3.06. The largest absolute Gasteiger partial charge is 0.393 e. The number of aliphatic hydroxyl groups is 1. The summed E-state index contributed by atoms with van der Waals surface area (Å²) in [6, 6.07) is 4.04. The van der Waals surface area contributed by atoms with Crippen molar-refractivity contribution < 1.29 is 9.90 Å². The summed E-state index contributed by atoms with van der Waals surface area (Å²) in [6.45, 7) is 0.796. The zero-order chi connectivity index (χ0) is 16.8. The van der Waals surface area contributed by atoms with Gasteiger partial charge in [0.15, 0.2) is 0 Å². The molecule has 1 fully saturated rings. The maximum absolute atomic E-state index is 12.3. The van der Waals surface area contributed by atoms with Crippen LogP contribution in [0.2, 0.25) is 0 Å². The number of aromatic nitrogens is 3. The summed E-state index contributed by atoms with van der Waals surface area (Å²) >= 11 is 0. The van der Waals surface area contributed by atoms with Crippen molar-refractivity contribution in [2.24, 2.45) is 5.92 Å². The fourth-order valence-electron chi connectivity index (χ4n) is 3.19. The number of aliphatic hydroxyl groups excluding tert-OH is 1. The second-order valence-corrected chi connectivity index (χ2v) is 6.52. The Labute approximate surface area is 141 Å². The van der Waals surface area contributed by atoms with E-state index in [0.717, 1.165) is 37.8 Å². The second kappa shape index (κ2) is 8.06. The molecule has 0 unspecified atom stereocenters. The summed E-state index contributed by atoms with van der Waals surface area (Å²) in [6.07, 6.45) is 12.4. The molecule has 6 heteroatoms. The zero-order valence-electron chi connectivity index (χ0n) is 13.7. The summed E-state index contributed by atoms with van der Waals surface area (Å²) < 4.78 is 1.98. The van der Waals surface area contributed by atoms with Crippen molar-refractivity contribution in [2.45, 2.75) is 50.8 Å². The summed E-state index contributed by atoms with van der Waals surface area (Å²) in [5, 5.41) is 12.8. The fraction of sp³-hybridized carbons (Fsp3) is 0.500. The number of nitrogens with one attached hydrogen (secondary N) is 1. The molecule has 0 aromatic carbocycles. The molecule has 2 N–H and O–H groups in total. The number of pyridine rings is 1. The molecule has 0 radical (unpaired) electrons. The predicted octanol–water partition coefficient (Wildman–Crippen LogP) is 1.56. The van der Waals surface area contributed by atoms with Gasteiger partial charge in [-0.15, -0.1) is 0 Å². The lowest BCUT2D eigenvalue weighted by molar-refractivity contribution is -0.123. The third-order valence-electron chi connectivity index (χ3n) is 4.65.